The molecule has 4 nitrogen and oxygen atoms in total. The third-order valence-corrected chi connectivity index (χ3v) is 4.56. The van der Waals surface area contributed by atoms with E-state index in [0.29, 0.717) is 11.4 Å². The molecule has 0 aliphatic carbocycles. The molecule has 4 rings (SSSR count). The lowest BCUT2D eigenvalue weighted by molar-refractivity contribution is -0.117. The molecule has 0 spiro atoms. The largest absolute Gasteiger partial charge is 0.338 e. The maximum Gasteiger partial charge on any atom is 0.225 e. The fourth-order valence-electron chi connectivity index (χ4n) is 3.18. The highest BCUT2D eigenvalue weighted by molar-refractivity contribution is 6.30. The van der Waals surface area contributed by atoms with Crippen molar-refractivity contribution in [2.75, 3.05) is 5.32 Å². The Morgan fingerprint density at radius 2 is 2.04 bits per heavy atom. The Bertz CT molecular complexity index is 943. The number of benzene rings is 2. The average molecular weight is 326 g/mol. The van der Waals surface area contributed by atoms with E-state index in [-0.39, 0.29) is 11.3 Å². The van der Waals surface area contributed by atoms with Crippen LogP contribution >= 0.6 is 11.6 Å². The number of carbonyl (C=O) groups excluding carboxylic acids is 1. The number of fused-ring (bicyclic) bond motifs is 2. The summed E-state index contributed by atoms with van der Waals surface area (Å²) < 4.78 is 0. The van der Waals surface area contributed by atoms with E-state index < -0.39 is 0 Å². The Labute approximate surface area is 138 Å². The van der Waals surface area contributed by atoms with E-state index in [2.05, 4.69) is 35.2 Å². The van der Waals surface area contributed by atoms with E-state index in [9.17, 15) is 4.79 Å². The van der Waals surface area contributed by atoms with E-state index in [1.54, 1.807) is 0 Å². The smallest absolute Gasteiger partial charge is 0.225 e. The highest BCUT2D eigenvalue weighted by Gasteiger charge is 2.32. The Balaban J connectivity index is 1.89. The van der Waals surface area contributed by atoms with Gasteiger partial charge in [-0.1, -0.05) is 37.6 Å². The summed E-state index contributed by atoms with van der Waals surface area (Å²) in [6, 6.07) is 11.6. The van der Waals surface area contributed by atoms with Gasteiger partial charge >= 0.3 is 0 Å². The average Bonchev–Trinajstić information content (AvgIpc) is 2.87. The number of halogens is 1. The van der Waals surface area contributed by atoms with Crippen molar-refractivity contribution in [3.63, 3.8) is 0 Å². The number of rotatable bonds is 1. The van der Waals surface area contributed by atoms with Crippen LogP contribution in [0.1, 0.15) is 25.8 Å². The molecule has 0 fully saturated rings. The summed E-state index contributed by atoms with van der Waals surface area (Å²) in [5.41, 5.74) is 4.52. The summed E-state index contributed by atoms with van der Waals surface area (Å²) in [4.78, 5) is 19.9. The quantitative estimate of drug-likeness (QED) is 0.692. The van der Waals surface area contributed by atoms with Crippen LogP contribution in [0.25, 0.3) is 22.4 Å². The molecule has 23 heavy (non-hydrogen) atoms. The highest BCUT2D eigenvalue weighted by Crippen LogP contribution is 2.39. The first-order valence-electron chi connectivity index (χ1n) is 7.52. The van der Waals surface area contributed by atoms with Gasteiger partial charge in [-0.2, -0.15) is 0 Å². The van der Waals surface area contributed by atoms with Crippen molar-refractivity contribution in [1.29, 1.82) is 0 Å². The second-order valence-corrected chi connectivity index (χ2v) is 7.06. The molecule has 3 aromatic rings. The minimum absolute atomic E-state index is 0.0486. The van der Waals surface area contributed by atoms with Crippen LogP contribution in [0.15, 0.2) is 36.4 Å². The van der Waals surface area contributed by atoms with Crippen LogP contribution in [-0.4, -0.2) is 15.9 Å². The van der Waals surface area contributed by atoms with Gasteiger partial charge in [0, 0.05) is 28.1 Å². The summed E-state index contributed by atoms with van der Waals surface area (Å²) in [6.45, 7) is 4.18. The summed E-state index contributed by atoms with van der Waals surface area (Å²) in [6.07, 6.45) is 0.487. The fourth-order valence-corrected chi connectivity index (χ4v) is 3.37. The van der Waals surface area contributed by atoms with Crippen molar-refractivity contribution >= 4 is 34.2 Å². The summed E-state index contributed by atoms with van der Waals surface area (Å²) in [7, 11) is 0. The molecule has 1 aromatic heterocycles. The van der Waals surface area contributed by atoms with Crippen molar-refractivity contribution in [2.24, 2.45) is 0 Å². The molecule has 2 aromatic carbocycles. The predicted octanol–water partition coefficient (Wildman–Crippen LogP) is 4.50. The normalized spacial score (nSPS) is 16.2. The number of imidazole rings is 1. The van der Waals surface area contributed by atoms with Crippen LogP contribution in [0.4, 0.5) is 5.69 Å². The number of amides is 1. The molecule has 0 saturated heterocycles. The lowest BCUT2D eigenvalue weighted by Crippen LogP contribution is -2.32. The third kappa shape index (κ3) is 2.39. The molecule has 0 radical (unpaired) electrons. The van der Waals surface area contributed by atoms with Crippen LogP contribution in [-0.2, 0) is 10.2 Å². The van der Waals surface area contributed by atoms with Gasteiger partial charge in [0.15, 0.2) is 0 Å². The second kappa shape index (κ2) is 4.83. The van der Waals surface area contributed by atoms with E-state index >= 15 is 0 Å². The molecule has 2 heterocycles. The van der Waals surface area contributed by atoms with Gasteiger partial charge in [-0.3, -0.25) is 4.79 Å². The van der Waals surface area contributed by atoms with Crippen LogP contribution < -0.4 is 5.32 Å². The number of hydrogen-bond acceptors (Lipinski definition) is 2. The maximum absolute atomic E-state index is 11.9. The summed E-state index contributed by atoms with van der Waals surface area (Å²) >= 11 is 6.06. The molecular formula is C18H16ClN3O. The van der Waals surface area contributed by atoms with Crippen LogP contribution in [0.3, 0.4) is 0 Å². The van der Waals surface area contributed by atoms with Gasteiger partial charge < -0.3 is 10.3 Å². The fraction of sp³-hybridized carbons (Fsp3) is 0.222. The van der Waals surface area contributed by atoms with Gasteiger partial charge in [-0.15, -0.1) is 0 Å². The van der Waals surface area contributed by atoms with Gasteiger partial charge in [0.1, 0.15) is 5.82 Å². The minimum Gasteiger partial charge on any atom is -0.338 e. The monoisotopic (exact) mass is 325 g/mol. The van der Waals surface area contributed by atoms with Crippen LogP contribution in [0.5, 0.6) is 0 Å². The number of aromatic nitrogens is 2. The standard InChI is InChI=1S/C18H16ClN3O/c1-18(2)9-16(23)20-13-8-15-14(7-12(13)18)21-17(22-15)10-4-3-5-11(19)6-10/h3-8H,9H2,1-2H3,(H,20,23)(H,21,22). The number of hydrogen-bond donors (Lipinski definition) is 2. The van der Waals surface area contributed by atoms with E-state index in [1.807, 2.05) is 30.3 Å². The zero-order valence-corrected chi connectivity index (χ0v) is 13.7. The SMILES string of the molecule is CC1(C)CC(=O)Nc2cc3nc(-c4cccc(Cl)c4)[nH]c3cc21. The van der Waals surface area contributed by atoms with Crippen molar-refractivity contribution in [2.45, 2.75) is 25.7 Å². The van der Waals surface area contributed by atoms with Crippen molar-refractivity contribution in [3.05, 3.63) is 47.0 Å². The number of anilines is 1. The first-order chi connectivity index (χ1) is 10.9. The topological polar surface area (TPSA) is 57.8 Å². The molecule has 5 heteroatoms. The van der Waals surface area contributed by atoms with Crippen molar-refractivity contribution in [3.8, 4) is 11.4 Å². The zero-order chi connectivity index (χ0) is 16.2. The first kappa shape index (κ1) is 14.3. The van der Waals surface area contributed by atoms with E-state index in [0.717, 1.165) is 33.7 Å². The number of nitrogens with zero attached hydrogens (tertiary/aromatic N) is 1. The number of carbonyl (C=O) groups is 1. The Morgan fingerprint density at radius 3 is 2.83 bits per heavy atom. The summed E-state index contributed by atoms with van der Waals surface area (Å²) in [5.74, 6) is 0.821. The molecule has 1 aliphatic rings. The molecule has 2 N–H and O–H groups in total. The van der Waals surface area contributed by atoms with Gasteiger partial charge in [0.25, 0.3) is 0 Å². The number of H-pyrrole nitrogens is 1. The van der Waals surface area contributed by atoms with Crippen LogP contribution in [0.2, 0.25) is 5.02 Å². The number of nitrogens with one attached hydrogen (secondary N) is 2. The predicted molar refractivity (Wildman–Crippen MR) is 92.8 cm³/mol. The Morgan fingerprint density at radius 1 is 1.22 bits per heavy atom. The van der Waals surface area contributed by atoms with Crippen molar-refractivity contribution in [1.82, 2.24) is 9.97 Å². The van der Waals surface area contributed by atoms with E-state index in [1.165, 1.54) is 0 Å². The highest BCUT2D eigenvalue weighted by atomic mass is 35.5. The molecule has 1 aliphatic heterocycles. The maximum atomic E-state index is 11.9. The summed E-state index contributed by atoms with van der Waals surface area (Å²) in [5, 5.41) is 3.63. The van der Waals surface area contributed by atoms with Gasteiger partial charge in [0.2, 0.25) is 5.91 Å². The Hall–Kier alpha value is -2.33. The third-order valence-electron chi connectivity index (χ3n) is 4.32. The van der Waals surface area contributed by atoms with Gasteiger partial charge in [-0.05, 0) is 29.8 Å². The molecule has 0 saturated carbocycles. The minimum atomic E-state index is -0.187. The molecule has 116 valence electrons. The first-order valence-corrected chi connectivity index (χ1v) is 7.90. The van der Waals surface area contributed by atoms with E-state index in [4.69, 9.17) is 11.6 Å². The molecule has 0 atom stereocenters. The van der Waals surface area contributed by atoms with Crippen LogP contribution in [0, 0.1) is 0 Å². The molecule has 0 bridgehead atoms. The molecular weight excluding hydrogens is 310 g/mol. The lowest BCUT2D eigenvalue weighted by atomic mass is 9.78. The number of aromatic amines is 1. The lowest BCUT2D eigenvalue weighted by Gasteiger charge is -2.31. The zero-order valence-electron chi connectivity index (χ0n) is 12.9. The molecule has 0 unspecified atom stereocenters. The van der Waals surface area contributed by atoms with Crippen molar-refractivity contribution < 1.29 is 4.79 Å². The Kier molecular flexibility index (Phi) is 3.00. The van der Waals surface area contributed by atoms with Gasteiger partial charge in [0.05, 0.1) is 11.0 Å². The molecule has 1 amide bonds. The second-order valence-electron chi connectivity index (χ2n) is 6.62. The van der Waals surface area contributed by atoms with Gasteiger partial charge in [-0.25, -0.2) is 4.98 Å².